The van der Waals surface area contributed by atoms with Crippen molar-refractivity contribution in [2.75, 3.05) is 6.61 Å². The molecule has 1 saturated heterocycles. The van der Waals surface area contributed by atoms with Crippen LogP contribution in [-0.4, -0.2) is 30.5 Å². The second kappa shape index (κ2) is 6.11. The summed E-state index contributed by atoms with van der Waals surface area (Å²) in [7, 11) is 0. The van der Waals surface area contributed by atoms with Gasteiger partial charge in [-0.25, -0.2) is 0 Å². The van der Waals surface area contributed by atoms with Crippen LogP contribution in [0.4, 0.5) is 0 Å². The molecule has 3 aliphatic rings. The molecule has 1 heterocycles. The molecule has 3 heteroatoms. The zero-order chi connectivity index (χ0) is 13.1. The Kier molecular flexibility index (Phi) is 4.45. The molecule has 0 aromatic heterocycles. The highest BCUT2D eigenvalue weighted by Crippen LogP contribution is 2.40. The van der Waals surface area contributed by atoms with Crippen molar-refractivity contribution in [1.29, 1.82) is 0 Å². The fourth-order valence-corrected chi connectivity index (χ4v) is 4.19. The van der Waals surface area contributed by atoms with Crippen LogP contribution in [-0.2, 0) is 9.47 Å². The molecule has 1 aliphatic heterocycles. The second-order valence-electron chi connectivity index (χ2n) is 6.83. The lowest BCUT2D eigenvalue weighted by molar-refractivity contribution is -0.165. The maximum Gasteiger partial charge on any atom is 0.0729 e. The summed E-state index contributed by atoms with van der Waals surface area (Å²) >= 11 is 0. The molecule has 19 heavy (non-hydrogen) atoms. The van der Waals surface area contributed by atoms with Crippen molar-refractivity contribution in [3.63, 3.8) is 0 Å². The molecule has 0 aromatic rings. The fourth-order valence-electron chi connectivity index (χ4n) is 4.19. The molecule has 3 fully saturated rings. The maximum atomic E-state index is 6.37. The first-order valence-corrected chi connectivity index (χ1v) is 8.32. The monoisotopic (exact) mass is 267 g/mol. The smallest absolute Gasteiger partial charge is 0.0729 e. The van der Waals surface area contributed by atoms with E-state index in [0.29, 0.717) is 12.2 Å². The van der Waals surface area contributed by atoms with Crippen molar-refractivity contribution in [2.24, 2.45) is 5.73 Å². The lowest BCUT2D eigenvalue weighted by atomic mass is 9.79. The van der Waals surface area contributed by atoms with Gasteiger partial charge in [-0.2, -0.15) is 0 Å². The topological polar surface area (TPSA) is 44.5 Å². The third-order valence-corrected chi connectivity index (χ3v) is 5.33. The average molecular weight is 267 g/mol. The summed E-state index contributed by atoms with van der Waals surface area (Å²) in [4.78, 5) is 0. The Bertz CT molecular complexity index is 283. The van der Waals surface area contributed by atoms with Gasteiger partial charge in [-0.3, -0.25) is 0 Å². The van der Waals surface area contributed by atoms with Gasteiger partial charge in [0.1, 0.15) is 0 Å². The van der Waals surface area contributed by atoms with Crippen molar-refractivity contribution in [2.45, 2.75) is 94.5 Å². The third kappa shape index (κ3) is 3.32. The predicted octanol–water partition coefficient (Wildman–Crippen LogP) is 3.15. The van der Waals surface area contributed by atoms with Crippen LogP contribution in [0.3, 0.4) is 0 Å². The van der Waals surface area contributed by atoms with Crippen molar-refractivity contribution in [3.8, 4) is 0 Å². The van der Waals surface area contributed by atoms with Crippen LogP contribution < -0.4 is 5.73 Å². The first-order valence-electron chi connectivity index (χ1n) is 8.32. The number of hydrogen-bond donors (Lipinski definition) is 1. The fraction of sp³-hybridized carbons (Fsp3) is 1.00. The lowest BCUT2D eigenvalue weighted by Crippen LogP contribution is -2.48. The molecular weight excluding hydrogens is 238 g/mol. The molecule has 0 radical (unpaired) electrons. The lowest BCUT2D eigenvalue weighted by Gasteiger charge is -2.44. The number of rotatable bonds is 2. The Balaban J connectivity index is 1.55. The van der Waals surface area contributed by atoms with E-state index in [1.807, 2.05) is 0 Å². The van der Waals surface area contributed by atoms with E-state index in [-0.39, 0.29) is 11.6 Å². The zero-order valence-corrected chi connectivity index (χ0v) is 12.1. The molecule has 3 nitrogen and oxygen atoms in total. The van der Waals surface area contributed by atoms with Gasteiger partial charge in [0.15, 0.2) is 0 Å². The molecule has 3 atom stereocenters. The van der Waals surface area contributed by atoms with E-state index in [1.165, 1.54) is 44.9 Å². The molecule has 0 aromatic carbocycles. The second-order valence-corrected chi connectivity index (χ2v) is 6.83. The van der Waals surface area contributed by atoms with Crippen molar-refractivity contribution in [1.82, 2.24) is 0 Å². The van der Waals surface area contributed by atoms with Gasteiger partial charge >= 0.3 is 0 Å². The standard InChI is InChI=1S/C16H29NO2/c17-14-6-2-3-7-15(14)19-13-8-11-18-16(12-13)9-4-1-5-10-16/h13-15H,1-12,17H2. The number of nitrogens with two attached hydrogens (primary N) is 1. The summed E-state index contributed by atoms with van der Waals surface area (Å²) in [6, 6.07) is 0.263. The third-order valence-electron chi connectivity index (χ3n) is 5.33. The Morgan fingerprint density at radius 3 is 2.53 bits per heavy atom. The molecule has 1 spiro atoms. The van der Waals surface area contributed by atoms with Crippen LogP contribution in [0.15, 0.2) is 0 Å². The van der Waals surface area contributed by atoms with Gasteiger partial charge in [0, 0.05) is 19.1 Å². The highest BCUT2D eigenvalue weighted by Gasteiger charge is 2.40. The maximum absolute atomic E-state index is 6.37. The molecule has 0 bridgehead atoms. The van der Waals surface area contributed by atoms with Gasteiger partial charge in [-0.05, 0) is 32.1 Å². The molecule has 2 aliphatic carbocycles. The molecule has 2 N–H and O–H groups in total. The van der Waals surface area contributed by atoms with Crippen LogP contribution in [0.2, 0.25) is 0 Å². The van der Waals surface area contributed by atoms with E-state index in [9.17, 15) is 0 Å². The van der Waals surface area contributed by atoms with Gasteiger partial charge in [0.25, 0.3) is 0 Å². The summed E-state index contributed by atoms with van der Waals surface area (Å²) < 4.78 is 12.5. The predicted molar refractivity (Wildman–Crippen MR) is 76.1 cm³/mol. The Morgan fingerprint density at radius 1 is 0.947 bits per heavy atom. The van der Waals surface area contributed by atoms with E-state index in [4.69, 9.17) is 15.2 Å². The minimum atomic E-state index is 0.153. The largest absolute Gasteiger partial charge is 0.375 e. The highest BCUT2D eigenvalue weighted by atomic mass is 16.5. The molecular formula is C16H29NO2. The average Bonchev–Trinajstić information content (AvgIpc) is 2.42. The summed E-state index contributed by atoms with van der Waals surface area (Å²) in [5.74, 6) is 0. The molecule has 3 unspecified atom stereocenters. The van der Waals surface area contributed by atoms with E-state index < -0.39 is 0 Å². The summed E-state index contributed by atoms with van der Waals surface area (Å²) in [5, 5.41) is 0. The molecule has 0 amide bonds. The quantitative estimate of drug-likeness (QED) is 0.836. The highest BCUT2D eigenvalue weighted by molar-refractivity contribution is 4.91. The van der Waals surface area contributed by atoms with Crippen LogP contribution in [0.1, 0.15) is 70.6 Å². The van der Waals surface area contributed by atoms with Crippen LogP contribution in [0.5, 0.6) is 0 Å². The van der Waals surface area contributed by atoms with E-state index in [2.05, 4.69) is 0 Å². The van der Waals surface area contributed by atoms with Crippen LogP contribution in [0, 0.1) is 0 Å². The van der Waals surface area contributed by atoms with Gasteiger partial charge in [0.05, 0.1) is 17.8 Å². The van der Waals surface area contributed by atoms with Crippen molar-refractivity contribution >= 4 is 0 Å². The molecule has 110 valence electrons. The summed E-state index contributed by atoms with van der Waals surface area (Å²) in [6.07, 6.45) is 14.2. The number of hydrogen-bond acceptors (Lipinski definition) is 3. The van der Waals surface area contributed by atoms with Crippen LogP contribution in [0.25, 0.3) is 0 Å². The van der Waals surface area contributed by atoms with Crippen LogP contribution >= 0.6 is 0 Å². The van der Waals surface area contributed by atoms with E-state index in [0.717, 1.165) is 32.3 Å². The van der Waals surface area contributed by atoms with Gasteiger partial charge in [0.2, 0.25) is 0 Å². The van der Waals surface area contributed by atoms with Gasteiger partial charge in [-0.1, -0.05) is 32.1 Å². The zero-order valence-electron chi connectivity index (χ0n) is 12.1. The van der Waals surface area contributed by atoms with E-state index >= 15 is 0 Å². The summed E-state index contributed by atoms with van der Waals surface area (Å²) in [5.41, 5.74) is 6.36. The first-order chi connectivity index (χ1) is 9.27. The molecule has 3 rings (SSSR count). The normalized spacial score (nSPS) is 39.3. The van der Waals surface area contributed by atoms with Crippen molar-refractivity contribution in [3.05, 3.63) is 0 Å². The Morgan fingerprint density at radius 2 is 1.74 bits per heavy atom. The first kappa shape index (κ1) is 13.8. The Labute approximate surface area is 117 Å². The SMILES string of the molecule is NC1CCCCC1OC1CCOC2(CCCCC2)C1. The minimum absolute atomic E-state index is 0.153. The van der Waals surface area contributed by atoms with Gasteiger partial charge in [-0.15, -0.1) is 0 Å². The Hall–Kier alpha value is -0.120. The minimum Gasteiger partial charge on any atom is -0.375 e. The van der Waals surface area contributed by atoms with Gasteiger partial charge < -0.3 is 15.2 Å². The van der Waals surface area contributed by atoms with Crippen molar-refractivity contribution < 1.29 is 9.47 Å². The molecule has 2 saturated carbocycles. The number of ether oxygens (including phenoxy) is 2. The van der Waals surface area contributed by atoms with E-state index in [1.54, 1.807) is 0 Å². The summed E-state index contributed by atoms with van der Waals surface area (Å²) in [6.45, 7) is 0.882.